The molecule has 1 fully saturated rings. The van der Waals surface area contributed by atoms with Crippen molar-refractivity contribution in [2.45, 2.75) is 19.0 Å². The fraction of sp³-hybridized carbons (Fsp3) is 0.250. The summed E-state index contributed by atoms with van der Waals surface area (Å²) in [5.74, 6) is -35.4. The molecule has 0 aliphatic carbocycles. The van der Waals surface area contributed by atoms with Crippen molar-refractivity contribution in [3.8, 4) is 0 Å². The molecule has 3 aromatic rings. The highest BCUT2D eigenvalue weighted by Crippen LogP contribution is 2.31. The van der Waals surface area contributed by atoms with Gasteiger partial charge in [-0.25, -0.2) is 65.9 Å². The van der Waals surface area contributed by atoms with Crippen molar-refractivity contribution in [1.82, 2.24) is 14.2 Å². The predicted molar refractivity (Wildman–Crippen MR) is 130 cm³/mol. The summed E-state index contributed by atoms with van der Waals surface area (Å²) in [5.41, 5.74) is -4.28. The molecule has 0 bridgehead atoms. The van der Waals surface area contributed by atoms with E-state index in [1.165, 1.54) is 0 Å². The quantitative estimate of drug-likeness (QED) is 0.145. The molecule has 0 radical (unpaired) electrons. The van der Waals surface area contributed by atoms with Crippen LogP contribution in [-0.4, -0.2) is 56.3 Å². The second-order valence-electron chi connectivity index (χ2n) is 10.2. The third kappa shape index (κ3) is 5.56. The van der Waals surface area contributed by atoms with E-state index in [1.807, 2.05) is 0 Å². The largest absolute Gasteiger partial charge is 0.359 e. The van der Waals surface area contributed by atoms with Crippen LogP contribution in [0.1, 0.15) is 16.7 Å². The highest BCUT2D eigenvalue weighted by Gasteiger charge is 2.50. The monoisotopic (exact) mass is 663 g/mol. The van der Waals surface area contributed by atoms with E-state index < -0.39 is 144 Å². The molecule has 0 N–H and O–H groups in total. The summed E-state index contributed by atoms with van der Waals surface area (Å²) in [6.45, 7) is -4.98. The molecule has 1 saturated heterocycles. The second-order valence-corrected chi connectivity index (χ2v) is 10.2. The van der Waals surface area contributed by atoms with Gasteiger partial charge < -0.3 is 14.2 Å². The Balaban J connectivity index is 1.88. The molecular weight excluding hydrogens is 648 g/mol. The zero-order valence-electron chi connectivity index (χ0n) is 22.9. The van der Waals surface area contributed by atoms with Crippen molar-refractivity contribution in [1.29, 1.82) is 0 Å². The fourth-order valence-corrected chi connectivity index (χ4v) is 5.36. The van der Waals surface area contributed by atoms with Gasteiger partial charge in [-0.2, -0.15) is 0 Å². The first-order valence-corrected chi connectivity index (χ1v) is 12.5. The minimum atomic E-state index is -2.51. The highest BCUT2D eigenvalue weighted by atomic mass is 19.2. The number of hydrogen-bond acceptors (Lipinski definition) is 3. The summed E-state index contributed by atoms with van der Waals surface area (Å²) >= 11 is 0. The Labute approximate surface area is 245 Å². The van der Waals surface area contributed by atoms with Crippen LogP contribution in [0.2, 0.25) is 0 Å². The predicted octanol–water partition coefficient (Wildman–Crippen LogP) is 5.69. The molecule has 240 valence electrons. The van der Waals surface area contributed by atoms with Gasteiger partial charge in [-0.1, -0.05) is 0 Å². The van der Waals surface area contributed by atoms with Crippen LogP contribution in [0.3, 0.4) is 0 Å². The third-order valence-corrected chi connectivity index (χ3v) is 7.88. The first-order valence-electron chi connectivity index (χ1n) is 12.5. The lowest BCUT2D eigenvalue weighted by atomic mass is 9.40. The molecule has 1 aliphatic heterocycles. The molecule has 21 heteroatoms. The van der Waals surface area contributed by atoms with Crippen molar-refractivity contribution in [3.63, 3.8) is 0 Å². The molecule has 0 spiro atoms. The number of benzene rings is 3. The van der Waals surface area contributed by atoms with Gasteiger partial charge in [0.2, 0.25) is 17.5 Å². The Bertz CT molecular complexity index is 1400. The van der Waals surface area contributed by atoms with Crippen molar-refractivity contribution in [3.05, 3.63) is 104 Å². The number of hydrogen-bond donors (Lipinski definition) is 0. The molecule has 45 heavy (non-hydrogen) atoms. The Morgan fingerprint density at radius 3 is 0.578 bits per heavy atom. The third-order valence-electron chi connectivity index (χ3n) is 7.88. The summed E-state index contributed by atoms with van der Waals surface area (Å²) in [7, 11) is 3.15. The summed E-state index contributed by atoms with van der Waals surface area (Å²) in [6, 6.07) is 0. The minimum absolute atomic E-state index is 0.950. The van der Waals surface area contributed by atoms with Crippen molar-refractivity contribution >= 4 is 20.9 Å². The maximum atomic E-state index is 14.6. The Morgan fingerprint density at radius 2 is 0.422 bits per heavy atom. The lowest BCUT2D eigenvalue weighted by molar-refractivity contribution is 0.369. The van der Waals surface area contributed by atoms with Gasteiger partial charge in [0.25, 0.3) is 20.9 Å². The average Bonchev–Trinajstić information content (AvgIpc) is 3.01. The van der Waals surface area contributed by atoms with E-state index in [0.29, 0.717) is 0 Å². The van der Waals surface area contributed by atoms with E-state index in [2.05, 4.69) is 0 Å². The number of halogens is 15. The molecule has 0 unspecified atom stereocenters. The van der Waals surface area contributed by atoms with Crippen molar-refractivity contribution in [2.24, 2.45) is 0 Å². The topological polar surface area (TPSA) is 9.72 Å². The van der Waals surface area contributed by atoms with Gasteiger partial charge in [-0.05, 0) is 40.1 Å². The molecule has 0 saturated carbocycles. The van der Waals surface area contributed by atoms with E-state index in [1.54, 1.807) is 0 Å². The van der Waals surface area contributed by atoms with Gasteiger partial charge in [0.05, 0.1) is 0 Å². The SMILES string of the molecule is CN1B(Cc2c(F)c(F)c(F)c(F)c2F)N(C)B(Cc2c(F)c(F)c(F)c(F)c2F)N(C)B1Cc1c(F)c(F)c(F)c(F)c1F. The number of rotatable bonds is 6. The fourth-order valence-electron chi connectivity index (χ4n) is 5.36. The molecule has 1 aliphatic rings. The molecule has 1 heterocycles. The van der Waals surface area contributed by atoms with Crippen LogP contribution >= 0.6 is 0 Å². The van der Waals surface area contributed by atoms with Crippen LogP contribution in [0, 0.1) is 87.3 Å². The van der Waals surface area contributed by atoms with Crippen LogP contribution in [0.5, 0.6) is 0 Å². The van der Waals surface area contributed by atoms with Crippen LogP contribution < -0.4 is 0 Å². The molecule has 3 nitrogen and oxygen atoms in total. The van der Waals surface area contributed by atoms with Gasteiger partial charge in [0.15, 0.2) is 69.8 Å². The van der Waals surface area contributed by atoms with Crippen molar-refractivity contribution in [2.75, 3.05) is 21.1 Å². The normalized spacial score (nSPS) is 15.2. The number of nitrogens with zero attached hydrogens (tertiary/aromatic N) is 3. The molecule has 0 atom stereocenters. The zero-order valence-corrected chi connectivity index (χ0v) is 22.9. The Hall–Kier alpha value is -3.32. The van der Waals surface area contributed by atoms with Gasteiger partial charge in [0.1, 0.15) is 0 Å². The zero-order chi connectivity index (χ0) is 34.0. The van der Waals surface area contributed by atoms with E-state index in [4.69, 9.17) is 0 Å². The Morgan fingerprint density at radius 1 is 0.289 bits per heavy atom. The van der Waals surface area contributed by atoms with E-state index >= 15 is 0 Å². The summed E-state index contributed by atoms with van der Waals surface area (Å²) in [5, 5.41) is 0. The van der Waals surface area contributed by atoms with E-state index in [-0.39, 0.29) is 0 Å². The lowest BCUT2D eigenvalue weighted by Gasteiger charge is -2.51. The molecule has 3 aromatic carbocycles. The second kappa shape index (κ2) is 12.5. The van der Waals surface area contributed by atoms with Crippen LogP contribution in [0.4, 0.5) is 65.9 Å². The molecular formula is C24H15B3F15N3. The maximum absolute atomic E-state index is 14.6. The van der Waals surface area contributed by atoms with Gasteiger partial charge in [-0.15, -0.1) is 0 Å². The van der Waals surface area contributed by atoms with Gasteiger partial charge >= 0.3 is 0 Å². The molecule has 0 amide bonds. The van der Waals surface area contributed by atoms with E-state index in [9.17, 15) is 65.9 Å². The van der Waals surface area contributed by atoms with Crippen LogP contribution in [-0.2, 0) is 19.0 Å². The first kappa shape index (κ1) is 34.6. The lowest BCUT2D eigenvalue weighted by Crippen LogP contribution is -2.76. The first-order chi connectivity index (χ1) is 20.8. The minimum Gasteiger partial charge on any atom is -0.359 e. The maximum Gasteiger partial charge on any atom is 0.294 e. The van der Waals surface area contributed by atoms with Crippen molar-refractivity contribution < 1.29 is 65.9 Å². The smallest absolute Gasteiger partial charge is 0.294 e. The molecule has 0 aromatic heterocycles. The van der Waals surface area contributed by atoms with Gasteiger partial charge in [0, 0.05) is 16.7 Å². The van der Waals surface area contributed by atoms with E-state index in [0.717, 1.165) is 35.3 Å². The summed E-state index contributed by atoms with van der Waals surface area (Å²) < 4.78 is 215. The summed E-state index contributed by atoms with van der Waals surface area (Å²) in [6.07, 6.45) is -3.48. The standard InChI is InChI=1S/C24H15B3F15N3/c1-43-25(4-7-10(28)16(34)22(40)17(35)11(7)29)44(2)27(6-9-14(32)20(38)24(42)21(39)15(9)33)45(3)26(43)5-8-12(30)18(36)23(41)19(37)13(8)31/h4-6H2,1-3H3. The average molecular weight is 663 g/mol. The van der Waals surface area contributed by atoms with Gasteiger partial charge in [-0.3, -0.25) is 0 Å². The molecule has 4 rings (SSSR count). The Kier molecular flexibility index (Phi) is 9.57. The van der Waals surface area contributed by atoms with Crippen LogP contribution in [0.25, 0.3) is 0 Å². The highest BCUT2D eigenvalue weighted by molar-refractivity contribution is 6.85. The van der Waals surface area contributed by atoms with Crippen LogP contribution in [0.15, 0.2) is 0 Å². The summed E-state index contributed by atoms with van der Waals surface area (Å²) in [4.78, 5) is 0.